The Morgan fingerprint density at radius 3 is 2.60 bits per heavy atom. The fourth-order valence-electron chi connectivity index (χ4n) is 2.40. The average Bonchev–Trinajstić information content (AvgIpc) is 3.04. The van der Waals surface area contributed by atoms with Crippen LogP contribution in [0.2, 0.25) is 0 Å². The first-order chi connectivity index (χ1) is 12.1. The van der Waals surface area contributed by atoms with E-state index in [-0.39, 0.29) is 11.5 Å². The number of para-hydroxylation sites is 2. The molecule has 0 aliphatic heterocycles. The van der Waals surface area contributed by atoms with Gasteiger partial charge in [-0.2, -0.15) is 5.10 Å². The van der Waals surface area contributed by atoms with Crippen LogP contribution in [0.25, 0.3) is 10.9 Å². The zero-order valence-electron chi connectivity index (χ0n) is 13.4. The van der Waals surface area contributed by atoms with Crippen LogP contribution in [0.1, 0.15) is 27.8 Å². The smallest absolute Gasteiger partial charge is 0.359 e. The Balaban J connectivity index is 1.65. The molecular formula is C18H15N3O4. The molecule has 2 N–H and O–H groups in total. The van der Waals surface area contributed by atoms with E-state index < -0.39 is 18.5 Å². The molecule has 0 fully saturated rings. The lowest BCUT2D eigenvalue weighted by atomic mass is 10.1. The number of nitrogens with one attached hydrogen (secondary N) is 2. The van der Waals surface area contributed by atoms with Gasteiger partial charge in [-0.1, -0.05) is 30.3 Å². The van der Waals surface area contributed by atoms with Crippen LogP contribution in [0.5, 0.6) is 0 Å². The van der Waals surface area contributed by atoms with E-state index >= 15 is 0 Å². The Morgan fingerprint density at radius 2 is 1.80 bits per heavy atom. The standard InChI is InChI=1S/C18H15N3O4/c1-11(22)12-6-2-4-8-14(12)19-16(23)10-25-18(24)17-13-7-3-5-9-15(13)20-21-17/h2-9H,10H2,1H3,(H,19,23)(H,20,21). The molecular weight excluding hydrogens is 322 g/mol. The molecule has 0 saturated carbocycles. The van der Waals surface area contributed by atoms with Gasteiger partial charge in [0.25, 0.3) is 5.91 Å². The number of hydrogen-bond acceptors (Lipinski definition) is 5. The summed E-state index contributed by atoms with van der Waals surface area (Å²) in [6.07, 6.45) is 0. The zero-order chi connectivity index (χ0) is 17.8. The second kappa shape index (κ2) is 6.96. The number of carbonyl (C=O) groups excluding carboxylic acids is 3. The molecule has 7 heteroatoms. The number of anilines is 1. The van der Waals surface area contributed by atoms with Crippen molar-refractivity contribution in [3.05, 3.63) is 59.8 Å². The summed E-state index contributed by atoms with van der Waals surface area (Å²) < 4.78 is 5.01. The lowest BCUT2D eigenvalue weighted by molar-refractivity contribution is -0.119. The number of esters is 1. The van der Waals surface area contributed by atoms with Crippen molar-refractivity contribution in [1.29, 1.82) is 0 Å². The first-order valence-corrected chi connectivity index (χ1v) is 7.56. The highest BCUT2D eigenvalue weighted by Crippen LogP contribution is 2.17. The monoisotopic (exact) mass is 337 g/mol. The van der Waals surface area contributed by atoms with Gasteiger partial charge < -0.3 is 10.1 Å². The Kier molecular flexibility index (Phi) is 4.56. The predicted molar refractivity (Wildman–Crippen MR) is 91.5 cm³/mol. The summed E-state index contributed by atoms with van der Waals surface area (Å²) in [4.78, 5) is 35.7. The third kappa shape index (κ3) is 3.55. The average molecular weight is 337 g/mol. The normalized spacial score (nSPS) is 10.4. The first kappa shape index (κ1) is 16.4. The third-order valence-electron chi connectivity index (χ3n) is 3.58. The molecule has 0 spiro atoms. The Morgan fingerprint density at radius 1 is 1.08 bits per heavy atom. The summed E-state index contributed by atoms with van der Waals surface area (Å²) >= 11 is 0. The summed E-state index contributed by atoms with van der Waals surface area (Å²) in [5.74, 6) is -1.41. The number of aromatic nitrogens is 2. The minimum absolute atomic E-state index is 0.118. The Hall–Kier alpha value is -3.48. The van der Waals surface area contributed by atoms with Gasteiger partial charge in [0.1, 0.15) is 0 Å². The fraction of sp³-hybridized carbons (Fsp3) is 0.111. The van der Waals surface area contributed by atoms with Gasteiger partial charge in [0.2, 0.25) is 0 Å². The van der Waals surface area contributed by atoms with E-state index in [4.69, 9.17) is 4.74 Å². The highest BCUT2D eigenvalue weighted by atomic mass is 16.5. The van der Waals surface area contributed by atoms with Gasteiger partial charge in [-0.15, -0.1) is 0 Å². The molecule has 0 radical (unpaired) electrons. The van der Waals surface area contributed by atoms with Crippen LogP contribution in [-0.2, 0) is 9.53 Å². The van der Waals surface area contributed by atoms with E-state index in [1.807, 2.05) is 6.07 Å². The molecule has 2 aromatic carbocycles. The zero-order valence-corrected chi connectivity index (χ0v) is 13.4. The third-order valence-corrected chi connectivity index (χ3v) is 3.58. The van der Waals surface area contributed by atoms with Crippen LogP contribution in [-0.4, -0.2) is 34.5 Å². The van der Waals surface area contributed by atoms with Crippen molar-refractivity contribution >= 4 is 34.3 Å². The van der Waals surface area contributed by atoms with Crippen molar-refractivity contribution in [2.75, 3.05) is 11.9 Å². The second-order valence-electron chi connectivity index (χ2n) is 5.34. The van der Waals surface area contributed by atoms with E-state index in [0.29, 0.717) is 22.2 Å². The van der Waals surface area contributed by atoms with Crippen LogP contribution < -0.4 is 5.32 Å². The van der Waals surface area contributed by atoms with Crippen molar-refractivity contribution < 1.29 is 19.1 Å². The van der Waals surface area contributed by atoms with Gasteiger partial charge in [-0.3, -0.25) is 14.7 Å². The van der Waals surface area contributed by atoms with Crippen molar-refractivity contribution in [3.63, 3.8) is 0 Å². The van der Waals surface area contributed by atoms with Crippen LogP contribution in [0, 0.1) is 0 Å². The number of carbonyl (C=O) groups is 3. The Labute approximate surface area is 143 Å². The van der Waals surface area contributed by atoms with Gasteiger partial charge in [0.15, 0.2) is 18.1 Å². The van der Waals surface area contributed by atoms with Gasteiger partial charge in [0, 0.05) is 10.9 Å². The summed E-state index contributed by atoms with van der Waals surface area (Å²) in [6.45, 7) is 0.931. The number of ketones is 1. The number of rotatable bonds is 5. The molecule has 0 atom stereocenters. The molecule has 0 bridgehead atoms. The molecule has 126 valence electrons. The molecule has 1 amide bonds. The van der Waals surface area contributed by atoms with Gasteiger partial charge in [0.05, 0.1) is 11.2 Å². The quantitative estimate of drug-likeness (QED) is 0.550. The maximum absolute atomic E-state index is 12.1. The molecule has 0 unspecified atom stereocenters. The van der Waals surface area contributed by atoms with Gasteiger partial charge >= 0.3 is 5.97 Å². The highest BCUT2D eigenvalue weighted by Gasteiger charge is 2.17. The second-order valence-corrected chi connectivity index (χ2v) is 5.34. The van der Waals surface area contributed by atoms with Gasteiger partial charge in [-0.05, 0) is 25.1 Å². The minimum atomic E-state index is -0.701. The first-order valence-electron chi connectivity index (χ1n) is 7.56. The number of ether oxygens (including phenoxy) is 1. The highest BCUT2D eigenvalue weighted by molar-refractivity contribution is 6.05. The van der Waals surface area contributed by atoms with Crippen molar-refractivity contribution in [3.8, 4) is 0 Å². The summed E-state index contributed by atoms with van der Waals surface area (Å²) in [5, 5.41) is 9.83. The molecule has 3 rings (SSSR count). The van der Waals surface area contributed by atoms with E-state index in [2.05, 4.69) is 15.5 Å². The molecule has 3 aromatic rings. The van der Waals surface area contributed by atoms with Gasteiger partial charge in [-0.25, -0.2) is 4.79 Å². The Bertz CT molecular complexity index is 962. The predicted octanol–water partition coefficient (Wildman–Crippen LogP) is 2.56. The molecule has 0 aliphatic carbocycles. The minimum Gasteiger partial charge on any atom is -0.451 e. The topological polar surface area (TPSA) is 101 Å². The lowest BCUT2D eigenvalue weighted by Gasteiger charge is -2.09. The fourth-order valence-corrected chi connectivity index (χ4v) is 2.40. The van der Waals surface area contributed by atoms with Crippen LogP contribution >= 0.6 is 0 Å². The molecule has 7 nitrogen and oxygen atoms in total. The molecule has 0 aliphatic rings. The SMILES string of the molecule is CC(=O)c1ccccc1NC(=O)COC(=O)c1n[nH]c2ccccc12. The van der Waals surface area contributed by atoms with Crippen molar-refractivity contribution in [2.45, 2.75) is 6.92 Å². The van der Waals surface area contributed by atoms with E-state index in [0.717, 1.165) is 0 Å². The molecule has 1 heterocycles. The summed E-state index contributed by atoms with van der Waals surface area (Å²) in [7, 11) is 0. The van der Waals surface area contributed by atoms with Crippen LogP contribution in [0.15, 0.2) is 48.5 Å². The van der Waals surface area contributed by atoms with Crippen molar-refractivity contribution in [1.82, 2.24) is 10.2 Å². The maximum Gasteiger partial charge on any atom is 0.359 e. The van der Waals surface area contributed by atoms with E-state index in [1.54, 1.807) is 42.5 Å². The number of hydrogen-bond donors (Lipinski definition) is 2. The van der Waals surface area contributed by atoms with E-state index in [1.165, 1.54) is 6.92 Å². The maximum atomic E-state index is 12.1. The van der Waals surface area contributed by atoms with Crippen LogP contribution in [0.3, 0.4) is 0 Å². The molecule has 25 heavy (non-hydrogen) atoms. The summed E-state index contributed by atoms with van der Waals surface area (Å²) in [5.41, 5.74) is 1.59. The van der Waals surface area contributed by atoms with Crippen molar-refractivity contribution in [2.24, 2.45) is 0 Å². The lowest BCUT2D eigenvalue weighted by Crippen LogP contribution is -2.22. The molecule has 0 saturated heterocycles. The number of Topliss-reactive ketones (excluding diaryl/α,β-unsaturated/α-hetero) is 1. The number of amides is 1. The largest absolute Gasteiger partial charge is 0.451 e. The number of aromatic amines is 1. The number of H-pyrrole nitrogens is 1. The molecule has 1 aromatic heterocycles. The number of fused-ring (bicyclic) bond motifs is 1. The number of nitrogens with zero attached hydrogens (tertiary/aromatic N) is 1. The summed E-state index contributed by atoms with van der Waals surface area (Å²) in [6, 6.07) is 13.7. The number of benzene rings is 2. The van der Waals surface area contributed by atoms with Crippen LogP contribution in [0.4, 0.5) is 5.69 Å². The van der Waals surface area contributed by atoms with E-state index in [9.17, 15) is 14.4 Å².